The van der Waals surface area contributed by atoms with Gasteiger partial charge < -0.3 is 4.98 Å². The highest BCUT2D eigenvalue weighted by Gasteiger charge is 2.29. The number of aliphatic imine (C=N–C) groups is 1. The Morgan fingerprint density at radius 2 is 1.97 bits per heavy atom. The summed E-state index contributed by atoms with van der Waals surface area (Å²) in [6, 6.07) is 7.65. The van der Waals surface area contributed by atoms with Crippen LogP contribution in [0, 0.1) is 23.5 Å². The number of hydrogen-bond acceptors (Lipinski definition) is 2. The molecule has 31 heavy (non-hydrogen) atoms. The minimum atomic E-state index is -0.444. The average Bonchev–Trinajstić information content (AvgIpc) is 3.17. The van der Waals surface area contributed by atoms with E-state index in [-0.39, 0.29) is 16.8 Å². The first-order chi connectivity index (χ1) is 14.9. The van der Waals surface area contributed by atoms with Crippen LogP contribution in [0.25, 0.3) is 16.6 Å². The highest BCUT2D eigenvalue weighted by Crippen LogP contribution is 2.43. The highest BCUT2D eigenvalue weighted by molar-refractivity contribution is 6.31. The first-order valence-electron chi connectivity index (χ1n) is 10.7. The quantitative estimate of drug-likeness (QED) is 0.402. The molecule has 1 N–H and O–H groups in total. The average molecular weight is 442 g/mol. The maximum atomic E-state index is 13.9. The van der Waals surface area contributed by atoms with Gasteiger partial charge in [-0.3, -0.25) is 4.99 Å². The fourth-order valence-corrected chi connectivity index (χ4v) is 4.83. The first kappa shape index (κ1) is 21.7. The van der Waals surface area contributed by atoms with Crippen LogP contribution in [-0.2, 0) is 0 Å². The summed E-state index contributed by atoms with van der Waals surface area (Å²) in [6.07, 6.45) is 5.74. The lowest BCUT2D eigenvalue weighted by atomic mass is 9.73. The third-order valence-electron chi connectivity index (χ3n) is 6.52. The zero-order chi connectivity index (χ0) is 22.1. The summed E-state index contributed by atoms with van der Waals surface area (Å²) in [6.45, 7) is 8.31. The molecule has 1 saturated carbocycles. The molecule has 1 aliphatic carbocycles. The summed E-state index contributed by atoms with van der Waals surface area (Å²) < 4.78 is 27.6. The van der Waals surface area contributed by atoms with E-state index in [9.17, 15) is 8.78 Å². The third kappa shape index (κ3) is 4.42. The molecule has 0 bridgehead atoms. The number of imidazole rings is 1. The summed E-state index contributed by atoms with van der Waals surface area (Å²) in [5.74, 6) is 1.14. The number of aromatic amines is 1. The molecule has 6 heteroatoms. The van der Waals surface area contributed by atoms with E-state index < -0.39 is 5.82 Å². The van der Waals surface area contributed by atoms with E-state index in [0.29, 0.717) is 22.9 Å². The maximum Gasteiger partial charge on any atom is 0.144 e. The molecule has 1 heterocycles. The molecule has 4 rings (SSSR count). The van der Waals surface area contributed by atoms with Crippen LogP contribution < -0.4 is 0 Å². The molecule has 0 radical (unpaired) electrons. The largest absolute Gasteiger partial charge is 0.342 e. The van der Waals surface area contributed by atoms with Crippen molar-refractivity contribution in [2.75, 3.05) is 0 Å². The first-order valence-corrected chi connectivity index (χ1v) is 11.1. The van der Waals surface area contributed by atoms with Crippen molar-refractivity contribution in [2.45, 2.75) is 45.4 Å². The standard InChI is InChI=1S/C25H26ClF2N3/c1-4-29-22-10-9-18(27)11-19(22)14(2)16-5-7-17(8-6-16)15(3)25-30-23-12-20(26)21(28)13-24(23)31-25/h4,9-13,15-17H,2,5-8H2,1,3H3,(H,30,31)/b29-4-/t15-,16-,17+/m1/s1. The van der Waals surface area contributed by atoms with Crippen molar-refractivity contribution in [3.8, 4) is 0 Å². The second-order valence-corrected chi connectivity index (χ2v) is 8.79. The molecule has 1 aliphatic rings. The topological polar surface area (TPSA) is 41.0 Å². The van der Waals surface area contributed by atoms with Crippen LogP contribution in [0.2, 0.25) is 5.02 Å². The van der Waals surface area contributed by atoms with Crippen LogP contribution in [0.4, 0.5) is 14.5 Å². The van der Waals surface area contributed by atoms with Crippen LogP contribution in [-0.4, -0.2) is 16.2 Å². The zero-order valence-corrected chi connectivity index (χ0v) is 18.5. The van der Waals surface area contributed by atoms with Gasteiger partial charge in [-0.2, -0.15) is 0 Å². The molecule has 3 aromatic rings. The molecule has 0 aliphatic heterocycles. The summed E-state index contributed by atoms with van der Waals surface area (Å²) in [5.41, 5.74) is 3.87. The van der Waals surface area contributed by atoms with Gasteiger partial charge >= 0.3 is 0 Å². The van der Waals surface area contributed by atoms with E-state index in [1.54, 1.807) is 18.3 Å². The molecule has 1 atom stereocenters. The minimum absolute atomic E-state index is 0.0846. The van der Waals surface area contributed by atoms with Crippen LogP contribution in [0.5, 0.6) is 0 Å². The Bertz CT molecular complexity index is 1100. The summed E-state index contributed by atoms with van der Waals surface area (Å²) in [4.78, 5) is 12.3. The molecular formula is C25H26ClF2N3. The van der Waals surface area contributed by atoms with Gasteiger partial charge in [0.25, 0.3) is 0 Å². The van der Waals surface area contributed by atoms with Crippen molar-refractivity contribution in [2.24, 2.45) is 16.8 Å². The Hall–Kier alpha value is -2.53. The monoisotopic (exact) mass is 441 g/mol. The summed E-state index contributed by atoms with van der Waals surface area (Å²) in [5, 5.41) is 0.0846. The van der Waals surface area contributed by atoms with Crippen molar-refractivity contribution in [3.63, 3.8) is 0 Å². The van der Waals surface area contributed by atoms with E-state index in [1.807, 2.05) is 6.92 Å². The Morgan fingerprint density at radius 3 is 2.68 bits per heavy atom. The summed E-state index contributed by atoms with van der Waals surface area (Å²) in [7, 11) is 0. The second kappa shape index (κ2) is 8.91. The van der Waals surface area contributed by atoms with Gasteiger partial charge in [0.15, 0.2) is 0 Å². The lowest BCUT2D eigenvalue weighted by Gasteiger charge is -2.33. The lowest BCUT2D eigenvalue weighted by Crippen LogP contribution is -2.20. The predicted octanol–water partition coefficient (Wildman–Crippen LogP) is 7.84. The van der Waals surface area contributed by atoms with Gasteiger partial charge in [0.1, 0.15) is 17.5 Å². The van der Waals surface area contributed by atoms with Crippen molar-refractivity contribution in [1.29, 1.82) is 0 Å². The Balaban J connectivity index is 1.46. The Labute approximate surface area is 186 Å². The van der Waals surface area contributed by atoms with Gasteiger partial charge in [0, 0.05) is 23.8 Å². The lowest BCUT2D eigenvalue weighted by molar-refractivity contribution is 0.278. The molecule has 2 aromatic carbocycles. The number of halogens is 3. The Kier molecular flexibility index (Phi) is 6.24. The number of benzene rings is 2. The van der Waals surface area contributed by atoms with E-state index in [1.165, 1.54) is 18.2 Å². The number of H-pyrrole nitrogens is 1. The van der Waals surface area contributed by atoms with E-state index in [0.717, 1.165) is 48.3 Å². The van der Waals surface area contributed by atoms with Crippen molar-refractivity contribution >= 4 is 40.1 Å². The van der Waals surface area contributed by atoms with Crippen LogP contribution in [0.3, 0.4) is 0 Å². The highest BCUT2D eigenvalue weighted by atomic mass is 35.5. The minimum Gasteiger partial charge on any atom is -0.342 e. The molecule has 0 unspecified atom stereocenters. The Morgan fingerprint density at radius 1 is 1.23 bits per heavy atom. The molecule has 0 saturated heterocycles. The maximum absolute atomic E-state index is 13.9. The number of nitrogens with one attached hydrogen (secondary N) is 1. The van der Waals surface area contributed by atoms with Crippen LogP contribution in [0.1, 0.15) is 56.8 Å². The van der Waals surface area contributed by atoms with Crippen LogP contribution in [0.15, 0.2) is 41.9 Å². The molecule has 1 fully saturated rings. The molecule has 162 valence electrons. The zero-order valence-electron chi connectivity index (χ0n) is 17.8. The SMILES string of the molecule is C=C(c1cc(F)ccc1/N=C\C)[C@H]1CC[C@@H]([C@@H](C)c2nc3cc(Cl)c(F)cc3[nH]2)CC1. The number of hydrogen-bond donors (Lipinski definition) is 1. The number of allylic oxidation sites excluding steroid dienone is 1. The molecule has 3 nitrogen and oxygen atoms in total. The van der Waals surface area contributed by atoms with Crippen LogP contribution >= 0.6 is 11.6 Å². The van der Waals surface area contributed by atoms with Gasteiger partial charge in [-0.05, 0) is 74.3 Å². The van der Waals surface area contributed by atoms with Crippen molar-refractivity contribution in [1.82, 2.24) is 9.97 Å². The molecular weight excluding hydrogens is 416 g/mol. The normalized spacial score (nSPS) is 20.4. The smallest absolute Gasteiger partial charge is 0.144 e. The van der Waals surface area contributed by atoms with E-state index in [4.69, 9.17) is 11.6 Å². The second-order valence-electron chi connectivity index (χ2n) is 8.38. The van der Waals surface area contributed by atoms with Gasteiger partial charge in [0.2, 0.25) is 0 Å². The van der Waals surface area contributed by atoms with Crippen molar-refractivity contribution in [3.05, 3.63) is 65.0 Å². The summed E-state index contributed by atoms with van der Waals surface area (Å²) >= 11 is 5.89. The fraction of sp³-hybridized carbons (Fsp3) is 0.360. The molecule has 0 spiro atoms. The van der Waals surface area contributed by atoms with Gasteiger partial charge in [0.05, 0.1) is 21.7 Å². The van der Waals surface area contributed by atoms with Gasteiger partial charge in [-0.15, -0.1) is 0 Å². The van der Waals surface area contributed by atoms with E-state index in [2.05, 4.69) is 28.5 Å². The number of fused-ring (bicyclic) bond motifs is 1. The third-order valence-corrected chi connectivity index (χ3v) is 6.81. The number of nitrogens with zero attached hydrogens (tertiary/aromatic N) is 2. The number of aromatic nitrogens is 2. The number of rotatable bonds is 5. The molecule has 0 amide bonds. The van der Waals surface area contributed by atoms with Crippen molar-refractivity contribution < 1.29 is 8.78 Å². The van der Waals surface area contributed by atoms with E-state index >= 15 is 0 Å². The fourth-order valence-electron chi connectivity index (χ4n) is 4.67. The molecule has 1 aromatic heterocycles. The van der Waals surface area contributed by atoms with Gasteiger partial charge in [-0.25, -0.2) is 13.8 Å². The predicted molar refractivity (Wildman–Crippen MR) is 124 cm³/mol. The van der Waals surface area contributed by atoms with Gasteiger partial charge in [-0.1, -0.05) is 25.1 Å².